The van der Waals surface area contributed by atoms with Gasteiger partial charge in [-0.25, -0.2) is 4.79 Å². The number of benzene rings is 1. The van der Waals surface area contributed by atoms with Gasteiger partial charge in [0.15, 0.2) is 0 Å². The fourth-order valence-corrected chi connectivity index (χ4v) is 1.48. The Hall–Kier alpha value is -1.55. The molecule has 1 amide bonds. The summed E-state index contributed by atoms with van der Waals surface area (Å²) in [5, 5.41) is 2.68. The van der Waals surface area contributed by atoms with Gasteiger partial charge in [-0.2, -0.15) is 0 Å². The van der Waals surface area contributed by atoms with E-state index < -0.39 is 6.09 Å². The molecule has 0 aliphatic carbocycles. The molecule has 4 nitrogen and oxygen atoms in total. The van der Waals surface area contributed by atoms with Crippen molar-refractivity contribution in [1.29, 1.82) is 0 Å². The lowest BCUT2D eigenvalue weighted by molar-refractivity contribution is 0.130. The van der Waals surface area contributed by atoms with E-state index in [4.69, 9.17) is 10.5 Å². The molecule has 3 N–H and O–H groups in total. The molecule has 0 fully saturated rings. The molecule has 0 radical (unpaired) electrons. The number of rotatable bonds is 4. The van der Waals surface area contributed by atoms with Crippen LogP contribution in [0, 0.1) is 0 Å². The van der Waals surface area contributed by atoms with Gasteiger partial charge in [0.25, 0.3) is 0 Å². The Morgan fingerprint density at radius 3 is 2.33 bits per heavy atom. The van der Waals surface area contributed by atoms with Crippen molar-refractivity contribution >= 4 is 11.8 Å². The third-order valence-corrected chi connectivity index (χ3v) is 2.77. The maximum absolute atomic E-state index is 11.4. The van der Waals surface area contributed by atoms with E-state index in [9.17, 15) is 4.79 Å². The van der Waals surface area contributed by atoms with E-state index in [-0.39, 0.29) is 11.5 Å². The van der Waals surface area contributed by atoms with Gasteiger partial charge in [-0.15, -0.1) is 0 Å². The van der Waals surface area contributed by atoms with Crippen LogP contribution < -0.4 is 11.1 Å². The van der Waals surface area contributed by atoms with Crippen molar-refractivity contribution < 1.29 is 9.53 Å². The highest BCUT2D eigenvalue weighted by molar-refractivity contribution is 5.84. The first kappa shape index (κ1) is 14.5. The highest BCUT2D eigenvalue weighted by Gasteiger charge is 2.18. The number of ether oxygens (including phenoxy) is 1. The van der Waals surface area contributed by atoms with Crippen LogP contribution in [0.15, 0.2) is 24.3 Å². The van der Waals surface area contributed by atoms with E-state index in [0.29, 0.717) is 6.54 Å². The average Bonchev–Trinajstić information content (AvgIpc) is 2.28. The summed E-state index contributed by atoms with van der Waals surface area (Å²) in [6, 6.07) is 7.65. The lowest BCUT2D eigenvalue weighted by atomic mass is 9.85. The van der Waals surface area contributed by atoms with E-state index in [1.54, 1.807) is 0 Å². The summed E-state index contributed by atoms with van der Waals surface area (Å²) in [7, 11) is 0. The molecule has 1 rings (SSSR count). The smallest absolute Gasteiger partial charge is 0.411 e. The average molecular weight is 250 g/mol. The molecule has 0 spiro atoms. The van der Waals surface area contributed by atoms with Gasteiger partial charge in [-0.1, -0.05) is 26.0 Å². The number of carbonyl (C=O) groups is 1. The molecular weight excluding hydrogens is 228 g/mol. The predicted octanol–water partition coefficient (Wildman–Crippen LogP) is 2.88. The van der Waals surface area contributed by atoms with Gasteiger partial charge in [0.1, 0.15) is 0 Å². The van der Waals surface area contributed by atoms with Crippen LogP contribution >= 0.6 is 0 Å². The monoisotopic (exact) mass is 250 g/mol. The van der Waals surface area contributed by atoms with E-state index in [1.165, 1.54) is 0 Å². The van der Waals surface area contributed by atoms with E-state index in [2.05, 4.69) is 19.2 Å². The van der Waals surface area contributed by atoms with Crippen LogP contribution in [0.4, 0.5) is 10.5 Å². The summed E-state index contributed by atoms with van der Waals surface area (Å²) < 4.78 is 5.00. The third-order valence-electron chi connectivity index (χ3n) is 2.77. The van der Waals surface area contributed by atoms with Crippen LogP contribution in [0.25, 0.3) is 0 Å². The fraction of sp³-hybridized carbons (Fsp3) is 0.500. The maximum Gasteiger partial charge on any atom is 0.411 e. The molecule has 18 heavy (non-hydrogen) atoms. The van der Waals surface area contributed by atoms with Crippen molar-refractivity contribution in [3.05, 3.63) is 29.8 Å². The van der Waals surface area contributed by atoms with Crippen molar-refractivity contribution in [3.63, 3.8) is 0 Å². The Morgan fingerprint density at radius 2 is 1.89 bits per heavy atom. The van der Waals surface area contributed by atoms with E-state index in [1.807, 2.05) is 38.1 Å². The van der Waals surface area contributed by atoms with Crippen molar-refractivity contribution in [1.82, 2.24) is 0 Å². The Bertz CT molecular complexity index is 397. The second kappa shape index (κ2) is 5.87. The van der Waals surface area contributed by atoms with Crippen molar-refractivity contribution in [2.45, 2.75) is 39.2 Å². The quantitative estimate of drug-likeness (QED) is 0.863. The number of nitrogens with two attached hydrogens (primary N) is 1. The van der Waals surface area contributed by atoms with Crippen LogP contribution in [0.2, 0.25) is 0 Å². The fourth-order valence-electron chi connectivity index (χ4n) is 1.48. The second-order valence-corrected chi connectivity index (χ2v) is 5.24. The molecule has 0 saturated heterocycles. The first-order chi connectivity index (χ1) is 8.35. The Kier molecular flexibility index (Phi) is 4.73. The summed E-state index contributed by atoms with van der Waals surface area (Å²) in [6.07, 6.45) is -0.559. The number of nitrogens with one attached hydrogen (secondary N) is 1. The zero-order valence-electron chi connectivity index (χ0n) is 11.5. The summed E-state index contributed by atoms with van der Waals surface area (Å²) in [5.41, 5.74) is 7.53. The molecule has 0 saturated carbocycles. The van der Waals surface area contributed by atoms with Crippen LogP contribution in [0.1, 0.15) is 33.3 Å². The predicted molar refractivity (Wildman–Crippen MR) is 73.8 cm³/mol. The van der Waals surface area contributed by atoms with Crippen molar-refractivity contribution in [3.8, 4) is 0 Å². The first-order valence-corrected chi connectivity index (χ1v) is 6.13. The second-order valence-electron chi connectivity index (χ2n) is 5.24. The lowest BCUT2D eigenvalue weighted by Crippen LogP contribution is -2.28. The first-order valence-electron chi connectivity index (χ1n) is 6.13. The SMILES string of the molecule is CC(C)OC(=O)Nc1ccc(C(C)(C)CN)cc1. The zero-order valence-corrected chi connectivity index (χ0v) is 11.5. The molecule has 4 heteroatoms. The van der Waals surface area contributed by atoms with Gasteiger partial charge in [0.05, 0.1) is 6.10 Å². The number of hydrogen-bond acceptors (Lipinski definition) is 3. The minimum Gasteiger partial charge on any atom is -0.447 e. The third kappa shape index (κ3) is 4.04. The summed E-state index contributed by atoms with van der Waals surface area (Å²) in [5.74, 6) is 0. The normalized spacial score (nSPS) is 11.4. The molecule has 0 aliphatic heterocycles. The Labute approximate surface area is 109 Å². The minimum atomic E-state index is -0.434. The molecule has 1 aromatic carbocycles. The van der Waals surface area contributed by atoms with Gasteiger partial charge in [0, 0.05) is 17.6 Å². The Balaban J connectivity index is 2.69. The van der Waals surface area contributed by atoms with Crippen molar-refractivity contribution in [2.24, 2.45) is 5.73 Å². The molecule has 1 aromatic rings. The molecular formula is C14H22N2O2. The zero-order chi connectivity index (χ0) is 13.8. The van der Waals surface area contributed by atoms with E-state index in [0.717, 1.165) is 11.3 Å². The lowest BCUT2D eigenvalue weighted by Gasteiger charge is -2.23. The molecule has 100 valence electrons. The molecule has 0 atom stereocenters. The largest absolute Gasteiger partial charge is 0.447 e. The van der Waals surface area contributed by atoms with E-state index >= 15 is 0 Å². The van der Waals surface area contributed by atoms with Crippen LogP contribution in [0.3, 0.4) is 0 Å². The van der Waals surface area contributed by atoms with Crippen molar-refractivity contribution in [2.75, 3.05) is 11.9 Å². The summed E-state index contributed by atoms with van der Waals surface area (Å²) >= 11 is 0. The standard InChI is InChI=1S/C14H22N2O2/c1-10(2)18-13(17)16-12-7-5-11(6-8-12)14(3,4)9-15/h5-8,10H,9,15H2,1-4H3,(H,16,17). The van der Waals surface area contributed by atoms with Crippen LogP contribution in [-0.2, 0) is 10.2 Å². The van der Waals surface area contributed by atoms with Gasteiger partial charge < -0.3 is 10.5 Å². The summed E-state index contributed by atoms with van der Waals surface area (Å²) in [4.78, 5) is 11.4. The molecule has 0 aromatic heterocycles. The molecule has 0 bridgehead atoms. The maximum atomic E-state index is 11.4. The van der Waals surface area contributed by atoms with Crippen LogP contribution in [-0.4, -0.2) is 18.7 Å². The number of hydrogen-bond donors (Lipinski definition) is 2. The van der Waals surface area contributed by atoms with Gasteiger partial charge >= 0.3 is 6.09 Å². The number of anilines is 1. The highest BCUT2D eigenvalue weighted by Crippen LogP contribution is 2.23. The molecule has 0 aliphatic rings. The summed E-state index contributed by atoms with van der Waals surface area (Å²) in [6.45, 7) is 8.37. The molecule has 0 heterocycles. The van der Waals surface area contributed by atoms with Gasteiger partial charge in [-0.05, 0) is 31.5 Å². The Morgan fingerprint density at radius 1 is 1.33 bits per heavy atom. The number of amides is 1. The van der Waals surface area contributed by atoms with Gasteiger partial charge in [0.2, 0.25) is 0 Å². The van der Waals surface area contributed by atoms with Gasteiger partial charge in [-0.3, -0.25) is 5.32 Å². The minimum absolute atomic E-state index is 0.0586. The van der Waals surface area contributed by atoms with Crippen LogP contribution in [0.5, 0.6) is 0 Å². The topological polar surface area (TPSA) is 64.3 Å². The number of carbonyl (C=O) groups excluding carboxylic acids is 1. The highest BCUT2D eigenvalue weighted by atomic mass is 16.6. The molecule has 0 unspecified atom stereocenters.